The van der Waals surface area contributed by atoms with Crippen LogP contribution in [0.2, 0.25) is 5.02 Å². The number of halogens is 1. The molecule has 1 aliphatic carbocycles. The van der Waals surface area contributed by atoms with Crippen LogP contribution in [0.3, 0.4) is 0 Å². The van der Waals surface area contributed by atoms with Crippen LogP contribution in [0.4, 0.5) is 0 Å². The van der Waals surface area contributed by atoms with E-state index in [1.165, 1.54) is 42.4 Å². The Kier molecular flexibility index (Phi) is 3.92. The van der Waals surface area contributed by atoms with Crippen molar-refractivity contribution in [3.63, 3.8) is 0 Å². The highest BCUT2D eigenvalue weighted by atomic mass is 35.5. The first-order valence-electron chi connectivity index (χ1n) is 8.17. The maximum atomic E-state index is 5.98. The van der Waals surface area contributed by atoms with Gasteiger partial charge >= 0.3 is 0 Å². The fraction of sp³-hybridized carbons (Fsp3) is 0.250. The normalized spacial score (nSPS) is 13.8. The van der Waals surface area contributed by atoms with Crippen molar-refractivity contribution in [2.45, 2.75) is 32.2 Å². The maximum Gasteiger partial charge on any atom is 0.140 e. The van der Waals surface area contributed by atoms with Gasteiger partial charge in [0.25, 0.3) is 0 Å². The van der Waals surface area contributed by atoms with Crippen molar-refractivity contribution in [1.82, 2.24) is 9.55 Å². The predicted octanol–water partition coefficient (Wildman–Crippen LogP) is 5.13. The van der Waals surface area contributed by atoms with Crippen molar-refractivity contribution in [2.75, 3.05) is 0 Å². The van der Waals surface area contributed by atoms with E-state index in [1.807, 2.05) is 36.7 Å². The average molecular weight is 323 g/mol. The van der Waals surface area contributed by atoms with E-state index in [1.54, 1.807) is 0 Å². The summed E-state index contributed by atoms with van der Waals surface area (Å²) in [7, 11) is 0. The Morgan fingerprint density at radius 3 is 2.57 bits per heavy atom. The van der Waals surface area contributed by atoms with Gasteiger partial charge in [0.05, 0.1) is 0 Å². The Hall–Kier alpha value is -2.06. The SMILES string of the molecule is Clc1ccc(-c2nccn2Cc2ccc3c(c2)CCCC3)cc1. The average Bonchev–Trinajstić information content (AvgIpc) is 3.03. The molecule has 0 saturated carbocycles. The second kappa shape index (κ2) is 6.21. The van der Waals surface area contributed by atoms with Gasteiger partial charge in [-0.25, -0.2) is 4.98 Å². The van der Waals surface area contributed by atoms with E-state index in [9.17, 15) is 0 Å². The van der Waals surface area contributed by atoms with Gasteiger partial charge in [-0.05, 0) is 66.6 Å². The van der Waals surface area contributed by atoms with Crippen LogP contribution in [0.15, 0.2) is 54.9 Å². The standard InChI is InChI=1S/C20H19ClN2/c21-19-9-7-17(8-10-19)20-22-11-12-23(20)14-15-5-6-16-3-1-2-4-18(16)13-15/h5-13H,1-4,14H2. The van der Waals surface area contributed by atoms with Gasteiger partial charge in [0, 0.05) is 29.5 Å². The Labute approximate surface area is 141 Å². The number of benzene rings is 2. The van der Waals surface area contributed by atoms with Gasteiger partial charge in [-0.2, -0.15) is 0 Å². The van der Waals surface area contributed by atoms with E-state index in [0.717, 1.165) is 23.0 Å². The van der Waals surface area contributed by atoms with Gasteiger partial charge < -0.3 is 4.57 Å². The Morgan fingerprint density at radius 1 is 0.957 bits per heavy atom. The number of fused-ring (bicyclic) bond motifs is 1. The molecule has 116 valence electrons. The molecule has 0 atom stereocenters. The maximum absolute atomic E-state index is 5.98. The fourth-order valence-electron chi connectivity index (χ4n) is 3.38. The van der Waals surface area contributed by atoms with Gasteiger partial charge in [-0.1, -0.05) is 29.8 Å². The number of nitrogens with zero attached hydrogens (tertiary/aromatic N) is 2. The lowest BCUT2D eigenvalue weighted by Gasteiger charge is -2.17. The summed E-state index contributed by atoms with van der Waals surface area (Å²) >= 11 is 5.98. The van der Waals surface area contributed by atoms with Gasteiger partial charge in [0.2, 0.25) is 0 Å². The molecule has 0 spiro atoms. The van der Waals surface area contributed by atoms with E-state index in [2.05, 4.69) is 27.8 Å². The molecule has 1 aliphatic rings. The summed E-state index contributed by atoms with van der Waals surface area (Å²) in [6.45, 7) is 0.852. The number of imidazole rings is 1. The van der Waals surface area contributed by atoms with Crippen LogP contribution in [-0.2, 0) is 19.4 Å². The second-order valence-corrected chi connectivity index (χ2v) is 6.63. The van der Waals surface area contributed by atoms with Crippen LogP contribution in [0, 0.1) is 0 Å². The van der Waals surface area contributed by atoms with Gasteiger partial charge in [-0.15, -0.1) is 0 Å². The monoisotopic (exact) mass is 322 g/mol. The number of aromatic nitrogens is 2. The highest BCUT2D eigenvalue weighted by molar-refractivity contribution is 6.30. The zero-order valence-corrected chi connectivity index (χ0v) is 13.8. The molecule has 2 nitrogen and oxygen atoms in total. The summed E-state index contributed by atoms with van der Waals surface area (Å²) in [5.41, 5.74) is 5.50. The third kappa shape index (κ3) is 3.04. The molecule has 4 rings (SSSR count). The summed E-state index contributed by atoms with van der Waals surface area (Å²) in [4.78, 5) is 4.52. The Balaban J connectivity index is 1.62. The van der Waals surface area contributed by atoms with E-state index < -0.39 is 0 Å². The first-order valence-corrected chi connectivity index (χ1v) is 8.55. The molecule has 0 unspecified atom stereocenters. The summed E-state index contributed by atoms with van der Waals surface area (Å²) in [6.07, 6.45) is 9.01. The molecule has 0 amide bonds. The first kappa shape index (κ1) is 14.5. The highest BCUT2D eigenvalue weighted by Crippen LogP contribution is 2.24. The molecular weight excluding hydrogens is 304 g/mol. The highest BCUT2D eigenvalue weighted by Gasteiger charge is 2.11. The summed E-state index contributed by atoms with van der Waals surface area (Å²) < 4.78 is 2.20. The Morgan fingerprint density at radius 2 is 1.74 bits per heavy atom. The summed E-state index contributed by atoms with van der Waals surface area (Å²) in [5.74, 6) is 0.986. The third-order valence-corrected chi connectivity index (χ3v) is 4.84. The molecule has 0 bridgehead atoms. The molecule has 3 aromatic rings. The lowest BCUT2D eigenvalue weighted by molar-refractivity contribution is 0.682. The minimum Gasteiger partial charge on any atom is -0.327 e. The smallest absolute Gasteiger partial charge is 0.140 e. The zero-order chi connectivity index (χ0) is 15.6. The molecule has 1 aromatic heterocycles. The van der Waals surface area contributed by atoms with E-state index in [0.29, 0.717) is 0 Å². The number of hydrogen-bond donors (Lipinski definition) is 0. The van der Waals surface area contributed by atoms with Crippen molar-refractivity contribution in [2.24, 2.45) is 0 Å². The van der Waals surface area contributed by atoms with Gasteiger partial charge in [0.1, 0.15) is 5.82 Å². The minimum atomic E-state index is 0.751. The quantitative estimate of drug-likeness (QED) is 0.653. The van der Waals surface area contributed by atoms with Crippen LogP contribution in [-0.4, -0.2) is 9.55 Å². The van der Waals surface area contributed by atoms with E-state index in [4.69, 9.17) is 11.6 Å². The van der Waals surface area contributed by atoms with Crippen LogP contribution in [0.1, 0.15) is 29.5 Å². The molecule has 0 N–H and O–H groups in total. The Bertz CT molecular complexity index is 818. The van der Waals surface area contributed by atoms with Crippen molar-refractivity contribution in [1.29, 1.82) is 0 Å². The van der Waals surface area contributed by atoms with Gasteiger partial charge in [-0.3, -0.25) is 0 Å². The largest absolute Gasteiger partial charge is 0.327 e. The van der Waals surface area contributed by atoms with Crippen LogP contribution in [0.5, 0.6) is 0 Å². The predicted molar refractivity (Wildman–Crippen MR) is 94.9 cm³/mol. The van der Waals surface area contributed by atoms with E-state index >= 15 is 0 Å². The molecular formula is C20H19ClN2. The summed E-state index contributed by atoms with van der Waals surface area (Å²) in [6, 6.07) is 14.8. The second-order valence-electron chi connectivity index (χ2n) is 6.20. The molecule has 3 heteroatoms. The van der Waals surface area contributed by atoms with Crippen molar-refractivity contribution in [3.8, 4) is 11.4 Å². The number of hydrogen-bond acceptors (Lipinski definition) is 1. The van der Waals surface area contributed by atoms with Crippen LogP contribution >= 0.6 is 11.6 Å². The lowest BCUT2D eigenvalue weighted by Crippen LogP contribution is -2.06. The lowest BCUT2D eigenvalue weighted by atomic mass is 9.90. The van der Waals surface area contributed by atoms with Crippen molar-refractivity contribution < 1.29 is 0 Å². The molecule has 2 aromatic carbocycles. The van der Waals surface area contributed by atoms with Crippen molar-refractivity contribution in [3.05, 3.63) is 76.6 Å². The van der Waals surface area contributed by atoms with Crippen molar-refractivity contribution >= 4 is 11.6 Å². The summed E-state index contributed by atoms with van der Waals surface area (Å²) in [5, 5.41) is 0.751. The number of rotatable bonds is 3. The topological polar surface area (TPSA) is 17.8 Å². The molecule has 0 aliphatic heterocycles. The molecule has 1 heterocycles. The zero-order valence-electron chi connectivity index (χ0n) is 13.0. The third-order valence-electron chi connectivity index (χ3n) is 4.58. The first-order chi connectivity index (χ1) is 11.3. The molecule has 0 radical (unpaired) electrons. The van der Waals surface area contributed by atoms with E-state index in [-0.39, 0.29) is 0 Å². The van der Waals surface area contributed by atoms with Crippen LogP contribution < -0.4 is 0 Å². The van der Waals surface area contributed by atoms with Gasteiger partial charge in [0.15, 0.2) is 0 Å². The van der Waals surface area contributed by atoms with Crippen LogP contribution in [0.25, 0.3) is 11.4 Å². The number of aryl methyl sites for hydroxylation is 2. The minimum absolute atomic E-state index is 0.751. The fourth-order valence-corrected chi connectivity index (χ4v) is 3.50. The molecule has 0 fully saturated rings. The molecule has 0 saturated heterocycles. The molecule has 23 heavy (non-hydrogen) atoms.